The quantitative estimate of drug-likeness (QED) is 0.896. The summed E-state index contributed by atoms with van der Waals surface area (Å²) in [6, 6.07) is 1.97. The lowest BCUT2D eigenvalue weighted by molar-refractivity contribution is -0.127. The van der Waals surface area contributed by atoms with Crippen molar-refractivity contribution in [3.63, 3.8) is 0 Å². The SMILES string of the molecule is Cc1cc2c(o1)CC(C)(C)C[C@@H]2NC(=O)CNC(=O)C1CC1. The Hall–Kier alpha value is -1.78. The van der Waals surface area contributed by atoms with Crippen molar-refractivity contribution in [2.24, 2.45) is 11.3 Å². The number of aryl methyl sites for hydroxylation is 1. The molecule has 1 heterocycles. The fourth-order valence-electron chi connectivity index (χ4n) is 3.22. The van der Waals surface area contributed by atoms with Crippen molar-refractivity contribution >= 4 is 11.8 Å². The van der Waals surface area contributed by atoms with E-state index in [1.807, 2.05) is 13.0 Å². The Bertz CT molecular complexity index is 599. The van der Waals surface area contributed by atoms with Crippen LogP contribution in [-0.4, -0.2) is 18.4 Å². The van der Waals surface area contributed by atoms with E-state index in [0.717, 1.165) is 42.8 Å². The summed E-state index contributed by atoms with van der Waals surface area (Å²) in [4.78, 5) is 23.7. The average Bonchev–Trinajstić information content (AvgIpc) is 3.18. The molecule has 0 radical (unpaired) electrons. The maximum atomic E-state index is 12.1. The van der Waals surface area contributed by atoms with Gasteiger partial charge in [0.25, 0.3) is 0 Å². The predicted molar refractivity (Wildman–Crippen MR) is 82.2 cm³/mol. The van der Waals surface area contributed by atoms with Gasteiger partial charge in [-0.15, -0.1) is 0 Å². The zero-order valence-electron chi connectivity index (χ0n) is 13.5. The lowest BCUT2D eigenvalue weighted by atomic mass is 9.74. The summed E-state index contributed by atoms with van der Waals surface area (Å²) < 4.78 is 5.77. The number of rotatable bonds is 4. The highest BCUT2D eigenvalue weighted by atomic mass is 16.3. The van der Waals surface area contributed by atoms with Gasteiger partial charge in [0.1, 0.15) is 11.5 Å². The third kappa shape index (κ3) is 3.34. The Labute approximate surface area is 130 Å². The van der Waals surface area contributed by atoms with Crippen LogP contribution in [0.25, 0.3) is 0 Å². The molecule has 22 heavy (non-hydrogen) atoms. The molecule has 0 bridgehead atoms. The molecule has 2 N–H and O–H groups in total. The first-order valence-electron chi connectivity index (χ1n) is 8.00. The zero-order valence-corrected chi connectivity index (χ0v) is 13.5. The molecule has 0 aliphatic heterocycles. The van der Waals surface area contributed by atoms with Gasteiger partial charge >= 0.3 is 0 Å². The van der Waals surface area contributed by atoms with Crippen molar-refractivity contribution in [3.8, 4) is 0 Å². The van der Waals surface area contributed by atoms with Gasteiger partial charge in [0.2, 0.25) is 11.8 Å². The van der Waals surface area contributed by atoms with Crippen LogP contribution in [0, 0.1) is 18.3 Å². The van der Waals surface area contributed by atoms with E-state index in [-0.39, 0.29) is 35.7 Å². The maximum Gasteiger partial charge on any atom is 0.239 e. The normalized spacial score (nSPS) is 22.8. The molecule has 1 aromatic heterocycles. The van der Waals surface area contributed by atoms with Crippen LogP contribution in [0.15, 0.2) is 10.5 Å². The molecule has 0 aromatic carbocycles. The molecule has 2 aliphatic rings. The lowest BCUT2D eigenvalue weighted by Gasteiger charge is -2.34. The van der Waals surface area contributed by atoms with E-state index in [1.165, 1.54) is 0 Å². The van der Waals surface area contributed by atoms with Gasteiger partial charge in [-0.1, -0.05) is 13.8 Å². The molecule has 1 aromatic rings. The predicted octanol–water partition coefficient (Wildman–Crippen LogP) is 2.24. The number of hydrogen-bond donors (Lipinski definition) is 2. The summed E-state index contributed by atoms with van der Waals surface area (Å²) >= 11 is 0. The minimum Gasteiger partial charge on any atom is -0.466 e. The smallest absolute Gasteiger partial charge is 0.239 e. The summed E-state index contributed by atoms with van der Waals surface area (Å²) in [5, 5.41) is 5.75. The van der Waals surface area contributed by atoms with Crippen LogP contribution in [-0.2, 0) is 16.0 Å². The molecule has 5 heteroatoms. The molecule has 1 fully saturated rings. The second-order valence-corrected chi connectivity index (χ2v) is 7.39. The molecule has 120 valence electrons. The highest BCUT2D eigenvalue weighted by Crippen LogP contribution is 2.41. The Morgan fingerprint density at radius 3 is 2.77 bits per heavy atom. The first-order valence-corrected chi connectivity index (χ1v) is 8.00. The van der Waals surface area contributed by atoms with Crippen LogP contribution in [0.4, 0.5) is 0 Å². The number of fused-ring (bicyclic) bond motifs is 1. The van der Waals surface area contributed by atoms with Crippen molar-refractivity contribution in [2.45, 2.75) is 52.5 Å². The van der Waals surface area contributed by atoms with E-state index in [9.17, 15) is 9.59 Å². The highest BCUT2D eigenvalue weighted by Gasteiger charge is 2.35. The van der Waals surface area contributed by atoms with E-state index in [2.05, 4.69) is 24.5 Å². The van der Waals surface area contributed by atoms with Gasteiger partial charge < -0.3 is 15.1 Å². The molecule has 0 saturated heterocycles. The minimum absolute atomic E-state index is 0.000955. The Balaban J connectivity index is 1.63. The third-order valence-electron chi connectivity index (χ3n) is 4.44. The van der Waals surface area contributed by atoms with Gasteiger partial charge in [0.05, 0.1) is 12.6 Å². The number of nitrogens with one attached hydrogen (secondary N) is 2. The van der Waals surface area contributed by atoms with Crippen LogP contribution >= 0.6 is 0 Å². The standard InChI is InChI=1S/C17H24N2O3/c1-10-6-12-13(7-17(2,3)8-14(12)22-10)19-15(20)9-18-16(21)11-4-5-11/h6,11,13H,4-5,7-9H2,1-3H3,(H,18,21)(H,19,20)/t13-/m0/s1. The monoisotopic (exact) mass is 304 g/mol. The zero-order chi connectivity index (χ0) is 15.9. The van der Waals surface area contributed by atoms with E-state index < -0.39 is 0 Å². The second kappa shape index (κ2) is 5.45. The molecule has 0 spiro atoms. The first-order chi connectivity index (χ1) is 10.3. The average molecular weight is 304 g/mol. The first kappa shape index (κ1) is 15.1. The molecule has 1 saturated carbocycles. The van der Waals surface area contributed by atoms with Gasteiger partial charge in [0, 0.05) is 17.9 Å². The summed E-state index contributed by atoms with van der Waals surface area (Å²) in [7, 11) is 0. The van der Waals surface area contributed by atoms with Gasteiger partial charge in [-0.25, -0.2) is 0 Å². The van der Waals surface area contributed by atoms with E-state index in [4.69, 9.17) is 4.42 Å². The van der Waals surface area contributed by atoms with E-state index >= 15 is 0 Å². The summed E-state index contributed by atoms with van der Waals surface area (Å²) in [5.41, 5.74) is 1.17. The topological polar surface area (TPSA) is 71.3 Å². The molecule has 2 amide bonds. The number of hydrogen-bond acceptors (Lipinski definition) is 3. The molecule has 0 unspecified atom stereocenters. The molecule has 1 atom stereocenters. The van der Waals surface area contributed by atoms with Crippen molar-refractivity contribution in [2.75, 3.05) is 6.54 Å². The van der Waals surface area contributed by atoms with E-state index in [1.54, 1.807) is 0 Å². The maximum absolute atomic E-state index is 12.1. The third-order valence-corrected chi connectivity index (χ3v) is 4.44. The number of furan rings is 1. The second-order valence-electron chi connectivity index (χ2n) is 7.39. The number of carbonyl (C=O) groups excluding carboxylic acids is 2. The highest BCUT2D eigenvalue weighted by molar-refractivity contribution is 5.87. The van der Waals surface area contributed by atoms with Crippen LogP contribution in [0.3, 0.4) is 0 Å². The lowest BCUT2D eigenvalue weighted by Crippen LogP contribution is -2.41. The fraction of sp³-hybridized carbons (Fsp3) is 0.647. The van der Waals surface area contributed by atoms with Crippen LogP contribution in [0.2, 0.25) is 0 Å². The van der Waals surface area contributed by atoms with Gasteiger partial charge in [-0.3, -0.25) is 9.59 Å². The minimum atomic E-state index is -0.137. The van der Waals surface area contributed by atoms with Crippen LogP contribution in [0.1, 0.15) is 56.2 Å². The summed E-state index contributed by atoms with van der Waals surface area (Å²) in [5.74, 6) is 1.84. The molecule has 5 nitrogen and oxygen atoms in total. The van der Waals surface area contributed by atoms with Crippen molar-refractivity contribution in [3.05, 3.63) is 23.2 Å². The van der Waals surface area contributed by atoms with Crippen molar-refractivity contribution < 1.29 is 14.0 Å². The summed E-state index contributed by atoms with van der Waals surface area (Å²) in [6.45, 7) is 6.35. The van der Waals surface area contributed by atoms with Crippen LogP contribution in [0.5, 0.6) is 0 Å². The van der Waals surface area contributed by atoms with E-state index in [0.29, 0.717) is 0 Å². The number of amides is 2. The Morgan fingerprint density at radius 2 is 2.09 bits per heavy atom. The van der Waals surface area contributed by atoms with Crippen LogP contribution < -0.4 is 10.6 Å². The van der Waals surface area contributed by atoms with Gasteiger partial charge in [-0.05, 0) is 37.7 Å². The molecular formula is C17H24N2O3. The Kier molecular flexibility index (Phi) is 3.75. The Morgan fingerprint density at radius 1 is 1.36 bits per heavy atom. The van der Waals surface area contributed by atoms with Crippen molar-refractivity contribution in [1.29, 1.82) is 0 Å². The van der Waals surface area contributed by atoms with Gasteiger partial charge in [0.15, 0.2) is 0 Å². The van der Waals surface area contributed by atoms with Gasteiger partial charge in [-0.2, -0.15) is 0 Å². The summed E-state index contributed by atoms with van der Waals surface area (Å²) in [6.07, 6.45) is 3.66. The fourth-order valence-corrected chi connectivity index (χ4v) is 3.22. The van der Waals surface area contributed by atoms with Crippen molar-refractivity contribution in [1.82, 2.24) is 10.6 Å². The molecule has 3 rings (SSSR count). The molecular weight excluding hydrogens is 280 g/mol. The molecule has 2 aliphatic carbocycles. The number of carbonyl (C=O) groups is 2. The largest absolute Gasteiger partial charge is 0.466 e.